The summed E-state index contributed by atoms with van der Waals surface area (Å²) >= 11 is 0.986. The average molecular weight is 312 g/mol. The second-order valence-electron chi connectivity index (χ2n) is 5.16. The van der Waals surface area contributed by atoms with Crippen molar-refractivity contribution in [3.63, 3.8) is 0 Å². The van der Waals surface area contributed by atoms with E-state index in [0.29, 0.717) is 11.4 Å². The van der Waals surface area contributed by atoms with E-state index >= 15 is 0 Å². The molecule has 4 nitrogen and oxygen atoms in total. The van der Waals surface area contributed by atoms with Gasteiger partial charge in [0.05, 0.1) is 4.91 Å². The fourth-order valence-corrected chi connectivity index (χ4v) is 3.49. The van der Waals surface area contributed by atoms with Gasteiger partial charge in [-0.05, 0) is 30.8 Å². The van der Waals surface area contributed by atoms with Crippen molar-refractivity contribution in [1.82, 2.24) is 9.47 Å². The van der Waals surface area contributed by atoms with Crippen molar-refractivity contribution in [2.24, 2.45) is 0 Å². The predicted molar refractivity (Wildman–Crippen MR) is 90.6 cm³/mol. The molecule has 2 amide bonds. The average Bonchev–Trinajstić information content (AvgIpc) is 2.91. The number of amides is 2. The highest BCUT2D eigenvalue weighted by Crippen LogP contribution is 2.34. The number of benzene rings is 1. The van der Waals surface area contributed by atoms with E-state index in [1.165, 1.54) is 7.05 Å². The molecule has 0 N–H and O–H groups in total. The molecule has 0 atom stereocenters. The van der Waals surface area contributed by atoms with Gasteiger partial charge in [0.15, 0.2) is 0 Å². The number of rotatable bonds is 3. The maximum atomic E-state index is 12.1. The van der Waals surface area contributed by atoms with E-state index in [1.54, 1.807) is 0 Å². The quantitative estimate of drug-likeness (QED) is 0.639. The van der Waals surface area contributed by atoms with Gasteiger partial charge < -0.3 is 4.57 Å². The predicted octanol–water partition coefficient (Wildman–Crippen LogP) is 3.80. The van der Waals surface area contributed by atoms with Crippen LogP contribution >= 0.6 is 11.8 Å². The number of allylic oxidation sites excluding steroid dienone is 1. The molecule has 1 aromatic heterocycles. The van der Waals surface area contributed by atoms with E-state index < -0.39 is 0 Å². The van der Waals surface area contributed by atoms with Crippen molar-refractivity contribution in [3.05, 3.63) is 53.1 Å². The maximum absolute atomic E-state index is 12.1. The molecule has 1 saturated heterocycles. The number of hydrogen-bond donors (Lipinski definition) is 0. The highest BCUT2D eigenvalue weighted by molar-refractivity contribution is 8.18. The Morgan fingerprint density at radius 3 is 2.64 bits per heavy atom. The number of fused-ring (bicyclic) bond motifs is 1. The van der Waals surface area contributed by atoms with Gasteiger partial charge in [-0.1, -0.05) is 24.3 Å². The first-order valence-electron chi connectivity index (χ1n) is 6.95. The largest absolute Gasteiger partial charge is 0.340 e. The fraction of sp³-hybridized carbons (Fsp3) is 0.176. The maximum Gasteiger partial charge on any atom is 0.293 e. The summed E-state index contributed by atoms with van der Waals surface area (Å²) in [4.78, 5) is 25.4. The van der Waals surface area contributed by atoms with Crippen molar-refractivity contribution in [3.8, 4) is 0 Å². The molecule has 1 aromatic carbocycles. The van der Waals surface area contributed by atoms with Crippen LogP contribution in [-0.2, 0) is 11.3 Å². The van der Waals surface area contributed by atoms with Gasteiger partial charge in [0.2, 0.25) is 0 Å². The Labute approximate surface area is 133 Å². The lowest BCUT2D eigenvalue weighted by Gasteiger charge is -2.04. The van der Waals surface area contributed by atoms with Gasteiger partial charge in [-0.3, -0.25) is 14.5 Å². The van der Waals surface area contributed by atoms with Crippen molar-refractivity contribution < 1.29 is 9.59 Å². The molecule has 22 heavy (non-hydrogen) atoms. The number of carbonyl (C=O) groups is 2. The van der Waals surface area contributed by atoms with E-state index in [4.69, 9.17) is 0 Å². The van der Waals surface area contributed by atoms with Gasteiger partial charge in [-0.2, -0.15) is 0 Å². The van der Waals surface area contributed by atoms with E-state index in [1.807, 2.05) is 37.3 Å². The Morgan fingerprint density at radius 1 is 1.27 bits per heavy atom. The van der Waals surface area contributed by atoms with Crippen LogP contribution in [-0.4, -0.2) is 27.7 Å². The van der Waals surface area contributed by atoms with Gasteiger partial charge in [0.1, 0.15) is 0 Å². The molecule has 2 aromatic rings. The number of hydrogen-bond acceptors (Lipinski definition) is 3. The number of aromatic nitrogens is 1. The highest BCUT2D eigenvalue weighted by atomic mass is 32.2. The molecule has 1 aliphatic heterocycles. The van der Waals surface area contributed by atoms with Crippen LogP contribution in [0.15, 0.2) is 41.8 Å². The summed E-state index contributed by atoms with van der Waals surface area (Å²) in [7, 11) is 1.51. The third-order valence-electron chi connectivity index (χ3n) is 3.85. The molecule has 0 saturated carbocycles. The van der Waals surface area contributed by atoms with Gasteiger partial charge >= 0.3 is 0 Å². The first kappa shape index (κ1) is 14.7. The lowest BCUT2D eigenvalue weighted by atomic mass is 10.1. The fourth-order valence-electron chi connectivity index (χ4n) is 2.68. The molecule has 112 valence electrons. The van der Waals surface area contributed by atoms with Crippen molar-refractivity contribution in [1.29, 1.82) is 0 Å². The lowest BCUT2D eigenvalue weighted by molar-refractivity contribution is -0.121. The van der Waals surface area contributed by atoms with Crippen LogP contribution in [0.3, 0.4) is 0 Å². The number of imide groups is 1. The number of likely N-dealkylation sites (N-methyl/N-ethyl adjacent to an activating group) is 1. The topological polar surface area (TPSA) is 42.3 Å². The van der Waals surface area contributed by atoms with Crippen LogP contribution in [0.25, 0.3) is 17.0 Å². The summed E-state index contributed by atoms with van der Waals surface area (Å²) in [5.74, 6) is -0.241. The molecule has 1 aliphatic rings. The number of nitrogens with zero attached hydrogens (tertiary/aromatic N) is 2. The smallest absolute Gasteiger partial charge is 0.293 e. The summed E-state index contributed by atoms with van der Waals surface area (Å²) in [6, 6.07) is 8.05. The zero-order valence-electron chi connectivity index (χ0n) is 12.5. The minimum Gasteiger partial charge on any atom is -0.340 e. The van der Waals surface area contributed by atoms with E-state index in [-0.39, 0.29) is 11.1 Å². The second-order valence-corrected chi connectivity index (χ2v) is 6.15. The molecule has 1 fully saturated rings. The molecular weight excluding hydrogens is 296 g/mol. The van der Waals surface area contributed by atoms with E-state index in [9.17, 15) is 9.59 Å². The van der Waals surface area contributed by atoms with Crippen molar-refractivity contribution in [2.75, 3.05) is 7.05 Å². The minimum absolute atomic E-state index is 0.233. The SMILES string of the molecule is C=CCn1c(C)c(/C=C2\SC(=O)N(C)C2=O)c2ccccc21. The molecule has 5 heteroatoms. The van der Waals surface area contributed by atoms with Crippen LogP contribution in [0, 0.1) is 6.92 Å². The zero-order chi connectivity index (χ0) is 15.9. The highest BCUT2D eigenvalue weighted by Gasteiger charge is 2.32. The Bertz CT molecular complexity index is 833. The number of para-hydroxylation sites is 1. The molecule has 0 aliphatic carbocycles. The van der Waals surface area contributed by atoms with Gasteiger partial charge in [-0.25, -0.2) is 0 Å². The Hall–Kier alpha value is -2.27. The normalized spacial score (nSPS) is 17.0. The Morgan fingerprint density at radius 2 is 2.00 bits per heavy atom. The molecule has 0 spiro atoms. The summed E-state index contributed by atoms with van der Waals surface area (Å²) < 4.78 is 2.16. The van der Waals surface area contributed by atoms with Crippen LogP contribution in [0.4, 0.5) is 4.79 Å². The van der Waals surface area contributed by atoms with Crippen LogP contribution < -0.4 is 0 Å². The van der Waals surface area contributed by atoms with Gasteiger partial charge in [0.25, 0.3) is 11.1 Å². The summed E-state index contributed by atoms with van der Waals surface area (Å²) in [5.41, 5.74) is 3.14. The van der Waals surface area contributed by atoms with Gasteiger partial charge in [0, 0.05) is 35.8 Å². The van der Waals surface area contributed by atoms with Crippen LogP contribution in [0.1, 0.15) is 11.3 Å². The standard InChI is InChI=1S/C17H16N2O2S/c1-4-9-19-11(2)13(12-7-5-6-8-14(12)19)10-15-16(20)18(3)17(21)22-15/h4-8,10H,1,9H2,2-3H3/b15-10-. The van der Waals surface area contributed by atoms with E-state index in [2.05, 4.69) is 17.2 Å². The molecule has 0 radical (unpaired) electrons. The molecular formula is C17H16N2O2S. The summed E-state index contributed by atoms with van der Waals surface area (Å²) in [6.45, 7) is 6.53. The Balaban J connectivity index is 2.20. The summed E-state index contributed by atoms with van der Waals surface area (Å²) in [5, 5.41) is 0.841. The van der Waals surface area contributed by atoms with Crippen molar-refractivity contribution >= 4 is 39.9 Å². The van der Waals surface area contributed by atoms with Gasteiger partial charge in [-0.15, -0.1) is 6.58 Å². The molecule has 3 rings (SSSR count). The number of carbonyl (C=O) groups excluding carboxylic acids is 2. The van der Waals surface area contributed by atoms with Crippen LogP contribution in [0.2, 0.25) is 0 Å². The number of thioether (sulfide) groups is 1. The zero-order valence-corrected chi connectivity index (χ0v) is 13.3. The summed E-state index contributed by atoms with van der Waals surface area (Å²) in [6.07, 6.45) is 3.68. The first-order chi connectivity index (χ1) is 10.5. The molecule has 0 bridgehead atoms. The minimum atomic E-state index is -0.241. The van der Waals surface area contributed by atoms with E-state index in [0.717, 1.165) is 38.8 Å². The third-order valence-corrected chi connectivity index (χ3v) is 4.81. The first-order valence-corrected chi connectivity index (χ1v) is 7.76. The second kappa shape index (κ2) is 5.50. The molecule has 2 heterocycles. The Kier molecular flexibility index (Phi) is 3.66. The molecule has 0 unspecified atom stereocenters. The third kappa shape index (κ3) is 2.18. The van der Waals surface area contributed by atoms with Crippen LogP contribution in [0.5, 0.6) is 0 Å². The van der Waals surface area contributed by atoms with Crippen molar-refractivity contribution in [2.45, 2.75) is 13.5 Å². The lowest BCUT2D eigenvalue weighted by Crippen LogP contribution is -2.22. The monoisotopic (exact) mass is 312 g/mol.